The van der Waals surface area contributed by atoms with Gasteiger partial charge in [-0.3, -0.25) is 4.68 Å². The van der Waals surface area contributed by atoms with Gasteiger partial charge >= 0.3 is 5.97 Å². The van der Waals surface area contributed by atoms with Gasteiger partial charge < -0.3 is 20.3 Å². The molecule has 2 rings (SSSR count). The Morgan fingerprint density at radius 2 is 2.26 bits per heavy atom. The molecule has 3 N–H and O–H groups in total. The van der Waals surface area contributed by atoms with Gasteiger partial charge in [-0.1, -0.05) is 5.21 Å². The van der Waals surface area contributed by atoms with Gasteiger partial charge in [-0.2, -0.15) is 0 Å². The zero-order valence-electron chi connectivity index (χ0n) is 10.6. The molecule has 0 radical (unpaired) electrons. The van der Waals surface area contributed by atoms with Gasteiger partial charge in [-0.05, 0) is 0 Å². The maximum Gasteiger partial charge on any atom is 0.358 e. The SMILES string of the molecule is O=C(O)c1cn(CCNCC2(O)CCOCC2)nn1. The summed E-state index contributed by atoms with van der Waals surface area (Å²) in [6.45, 7) is 2.77. The molecule has 2 heterocycles. The van der Waals surface area contributed by atoms with Crippen LogP contribution in [0.4, 0.5) is 0 Å². The number of nitrogens with zero attached hydrogens (tertiary/aromatic N) is 3. The second-order valence-electron chi connectivity index (χ2n) is 4.69. The highest BCUT2D eigenvalue weighted by atomic mass is 16.5. The van der Waals surface area contributed by atoms with Gasteiger partial charge in [0.05, 0.1) is 18.3 Å². The molecular weight excluding hydrogens is 252 g/mol. The van der Waals surface area contributed by atoms with E-state index in [1.54, 1.807) is 0 Å². The number of nitrogens with one attached hydrogen (secondary N) is 1. The third-order valence-corrected chi connectivity index (χ3v) is 3.15. The molecule has 1 fully saturated rings. The Morgan fingerprint density at radius 1 is 1.53 bits per heavy atom. The average molecular weight is 270 g/mol. The molecule has 0 spiro atoms. The predicted octanol–water partition coefficient (Wildman–Crippen LogP) is -0.893. The lowest BCUT2D eigenvalue weighted by atomic mass is 9.94. The maximum atomic E-state index is 10.6. The number of aromatic nitrogens is 3. The molecule has 8 heteroatoms. The summed E-state index contributed by atoms with van der Waals surface area (Å²) in [7, 11) is 0. The van der Waals surface area contributed by atoms with E-state index >= 15 is 0 Å². The topological polar surface area (TPSA) is 110 Å². The number of aromatic carboxylic acids is 1. The van der Waals surface area contributed by atoms with Gasteiger partial charge in [0.2, 0.25) is 0 Å². The van der Waals surface area contributed by atoms with Crippen molar-refractivity contribution in [2.45, 2.75) is 25.0 Å². The largest absolute Gasteiger partial charge is 0.476 e. The fourth-order valence-electron chi connectivity index (χ4n) is 1.95. The van der Waals surface area contributed by atoms with E-state index in [1.807, 2.05) is 0 Å². The van der Waals surface area contributed by atoms with E-state index in [2.05, 4.69) is 15.6 Å². The van der Waals surface area contributed by atoms with Crippen LogP contribution in [0.5, 0.6) is 0 Å². The van der Waals surface area contributed by atoms with E-state index in [0.717, 1.165) is 0 Å². The van der Waals surface area contributed by atoms with Crippen LogP contribution in [-0.4, -0.2) is 63.1 Å². The van der Waals surface area contributed by atoms with Gasteiger partial charge in [0.1, 0.15) is 0 Å². The first-order valence-electron chi connectivity index (χ1n) is 6.23. The molecule has 1 aliphatic rings. The molecule has 19 heavy (non-hydrogen) atoms. The minimum Gasteiger partial charge on any atom is -0.476 e. The lowest BCUT2D eigenvalue weighted by molar-refractivity contribution is -0.0615. The van der Waals surface area contributed by atoms with Crippen molar-refractivity contribution in [1.29, 1.82) is 0 Å². The Kier molecular flexibility index (Phi) is 4.46. The van der Waals surface area contributed by atoms with Crippen molar-refractivity contribution >= 4 is 5.97 Å². The van der Waals surface area contributed by atoms with Crippen molar-refractivity contribution in [3.8, 4) is 0 Å². The molecule has 0 unspecified atom stereocenters. The Balaban J connectivity index is 1.69. The zero-order valence-corrected chi connectivity index (χ0v) is 10.6. The fraction of sp³-hybridized carbons (Fsp3) is 0.727. The standard InChI is InChI=1S/C11H18N4O4/c16-10(17)9-7-15(14-13-9)4-3-12-8-11(18)1-5-19-6-2-11/h7,12,18H,1-6,8H2,(H,16,17). The third kappa shape index (κ3) is 3.98. The molecule has 0 saturated carbocycles. The summed E-state index contributed by atoms with van der Waals surface area (Å²) in [5, 5.41) is 29.2. The minimum absolute atomic E-state index is 0.0666. The smallest absolute Gasteiger partial charge is 0.358 e. The first-order valence-corrected chi connectivity index (χ1v) is 6.23. The van der Waals surface area contributed by atoms with Gasteiger partial charge in [0.15, 0.2) is 5.69 Å². The molecule has 1 aromatic heterocycles. The van der Waals surface area contributed by atoms with Crippen LogP contribution in [0.1, 0.15) is 23.3 Å². The molecule has 8 nitrogen and oxygen atoms in total. The van der Waals surface area contributed by atoms with Crippen LogP contribution in [0, 0.1) is 0 Å². The number of carbonyl (C=O) groups is 1. The third-order valence-electron chi connectivity index (χ3n) is 3.15. The Labute approximate surface area is 110 Å². The normalized spacial score (nSPS) is 18.4. The number of hydrogen-bond donors (Lipinski definition) is 3. The minimum atomic E-state index is -1.09. The van der Waals surface area contributed by atoms with Crippen molar-refractivity contribution in [3.63, 3.8) is 0 Å². The van der Waals surface area contributed by atoms with Crippen molar-refractivity contribution in [1.82, 2.24) is 20.3 Å². The van der Waals surface area contributed by atoms with Crippen molar-refractivity contribution in [2.75, 3.05) is 26.3 Å². The summed E-state index contributed by atoms with van der Waals surface area (Å²) < 4.78 is 6.66. The summed E-state index contributed by atoms with van der Waals surface area (Å²) in [4.78, 5) is 10.6. The van der Waals surface area contributed by atoms with Crippen molar-refractivity contribution in [3.05, 3.63) is 11.9 Å². The van der Waals surface area contributed by atoms with E-state index in [0.29, 0.717) is 45.7 Å². The van der Waals surface area contributed by atoms with E-state index in [1.165, 1.54) is 10.9 Å². The molecule has 1 aromatic rings. The number of hydrogen-bond acceptors (Lipinski definition) is 6. The molecule has 1 aliphatic heterocycles. The first kappa shape index (κ1) is 13.9. The van der Waals surface area contributed by atoms with Gasteiger partial charge in [0, 0.05) is 39.1 Å². The summed E-state index contributed by atoms with van der Waals surface area (Å²) in [5.74, 6) is -1.09. The molecule has 106 valence electrons. The highest BCUT2D eigenvalue weighted by Crippen LogP contribution is 2.18. The van der Waals surface area contributed by atoms with Crippen LogP contribution >= 0.6 is 0 Å². The summed E-state index contributed by atoms with van der Waals surface area (Å²) in [6.07, 6.45) is 2.64. The van der Waals surface area contributed by atoms with Crippen LogP contribution in [0.3, 0.4) is 0 Å². The van der Waals surface area contributed by atoms with Gasteiger partial charge in [-0.25, -0.2) is 4.79 Å². The fourth-order valence-corrected chi connectivity index (χ4v) is 1.95. The average Bonchev–Trinajstić information content (AvgIpc) is 2.84. The number of carboxylic acid groups (broad SMARTS) is 1. The molecule has 0 bridgehead atoms. The lowest BCUT2D eigenvalue weighted by Crippen LogP contribution is -2.45. The van der Waals surface area contributed by atoms with Crippen LogP contribution in [-0.2, 0) is 11.3 Å². The van der Waals surface area contributed by atoms with E-state index in [4.69, 9.17) is 9.84 Å². The van der Waals surface area contributed by atoms with E-state index in [-0.39, 0.29) is 5.69 Å². The Morgan fingerprint density at radius 3 is 2.89 bits per heavy atom. The molecule has 0 aliphatic carbocycles. The monoisotopic (exact) mass is 270 g/mol. The highest BCUT2D eigenvalue weighted by Gasteiger charge is 2.28. The summed E-state index contributed by atoms with van der Waals surface area (Å²) >= 11 is 0. The molecule has 1 saturated heterocycles. The van der Waals surface area contributed by atoms with Crippen molar-refractivity contribution in [2.24, 2.45) is 0 Å². The van der Waals surface area contributed by atoms with Crippen molar-refractivity contribution < 1.29 is 19.7 Å². The van der Waals surface area contributed by atoms with Crippen LogP contribution in [0.25, 0.3) is 0 Å². The zero-order chi connectivity index (χ0) is 13.7. The Bertz CT molecular complexity index is 428. The predicted molar refractivity (Wildman–Crippen MR) is 64.9 cm³/mol. The highest BCUT2D eigenvalue weighted by molar-refractivity contribution is 5.84. The summed E-state index contributed by atoms with van der Waals surface area (Å²) in [6, 6.07) is 0. The molecule has 0 atom stereocenters. The molecule has 0 aromatic carbocycles. The number of rotatable bonds is 6. The Hall–Kier alpha value is -1.51. The number of aliphatic hydroxyl groups is 1. The van der Waals surface area contributed by atoms with E-state index < -0.39 is 11.6 Å². The second kappa shape index (κ2) is 6.09. The van der Waals surface area contributed by atoms with Crippen LogP contribution in [0.2, 0.25) is 0 Å². The number of ether oxygens (including phenoxy) is 1. The van der Waals surface area contributed by atoms with Crippen LogP contribution < -0.4 is 5.32 Å². The summed E-state index contributed by atoms with van der Waals surface area (Å²) in [5.41, 5.74) is -0.768. The van der Waals surface area contributed by atoms with Gasteiger partial charge in [-0.15, -0.1) is 5.10 Å². The lowest BCUT2D eigenvalue weighted by Gasteiger charge is -2.32. The first-order chi connectivity index (χ1) is 9.09. The number of carboxylic acids is 1. The van der Waals surface area contributed by atoms with Gasteiger partial charge in [0.25, 0.3) is 0 Å². The van der Waals surface area contributed by atoms with E-state index in [9.17, 15) is 9.90 Å². The quantitative estimate of drug-likeness (QED) is 0.575. The maximum absolute atomic E-state index is 10.6. The molecular formula is C11H18N4O4. The molecule has 0 amide bonds. The second-order valence-corrected chi connectivity index (χ2v) is 4.69. The van der Waals surface area contributed by atoms with Crippen LogP contribution in [0.15, 0.2) is 6.20 Å².